The van der Waals surface area contributed by atoms with E-state index in [1.807, 2.05) is 6.92 Å². The van der Waals surface area contributed by atoms with Gasteiger partial charge >= 0.3 is 0 Å². The van der Waals surface area contributed by atoms with Gasteiger partial charge in [0.2, 0.25) is 5.95 Å². The first-order valence-corrected chi connectivity index (χ1v) is 10.2. The maximum atomic E-state index is 9.01. The summed E-state index contributed by atoms with van der Waals surface area (Å²) in [5.74, 6) is 4.61. The zero-order valence-corrected chi connectivity index (χ0v) is 16.7. The van der Waals surface area contributed by atoms with E-state index >= 15 is 0 Å². The van der Waals surface area contributed by atoms with Gasteiger partial charge in [-0.3, -0.25) is 0 Å². The van der Waals surface area contributed by atoms with Crippen LogP contribution in [-0.2, 0) is 0 Å². The maximum Gasteiger partial charge on any atom is 0.225 e. The zero-order chi connectivity index (χ0) is 19.5. The summed E-state index contributed by atoms with van der Waals surface area (Å²) in [6.45, 7) is 4.74. The molecule has 2 aromatic heterocycles. The zero-order valence-electron chi connectivity index (χ0n) is 16.0. The second-order valence-electron chi connectivity index (χ2n) is 7.70. The van der Waals surface area contributed by atoms with Gasteiger partial charge in [-0.1, -0.05) is 11.6 Å². The van der Waals surface area contributed by atoms with Crippen molar-refractivity contribution >= 4 is 23.4 Å². The Bertz CT molecular complexity index is 856. The molecule has 1 saturated carbocycles. The van der Waals surface area contributed by atoms with E-state index in [9.17, 15) is 0 Å². The van der Waals surface area contributed by atoms with E-state index in [0.717, 1.165) is 55.6 Å². The number of rotatable bonds is 6. The second-order valence-corrected chi connectivity index (χ2v) is 8.13. The topological polar surface area (TPSA) is 90.6 Å². The highest BCUT2D eigenvalue weighted by Gasteiger charge is 2.43. The van der Waals surface area contributed by atoms with Crippen molar-refractivity contribution in [1.82, 2.24) is 19.9 Å². The first kappa shape index (κ1) is 18.9. The lowest BCUT2D eigenvalue weighted by Gasteiger charge is -2.32. The van der Waals surface area contributed by atoms with Crippen LogP contribution in [0.2, 0.25) is 5.02 Å². The van der Waals surface area contributed by atoms with Gasteiger partial charge in [-0.15, -0.1) is 0 Å². The first-order valence-electron chi connectivity index (χ1n) is 9.84. The van der Waals surface area contributed by atoms with E-state index in [0.29, 0.717) is 16.5 Å². The van der Waals surface area contributed by atoms with Crippen molar-refractivity contribution in [2.24, 2.45) is 17.8 Å². The van der Waals surface area contributed by atoms with Crippen LogP contribution in [0.1, 0.15) is 37.2 Å². The molecule has 1 N–H and O–H groups in total. The maximum absolute atomic E-state index is 9.01. The predicted molar refractivity (Wildman–Crippen MR) is 108 cm³/mol. The minimum atomic E-state index is 0.413. The van der Waals surface area contributed by atoms with Gasteiger partial charge in [0.05, 0.1) is 17.4 Å². The fourth-order valence-corrected chi connectivity index (χ4v) is 4.38. The fraction of sp³-hybridized carbons (Fsp3) is 0.550. The summed E-state index contributed by atoms with van der Waals surface area (Å²) in [6.07, 6.45) is 8.22. The average molecular weight is 398 g/mol. The molecule has 28 heavy (non-hydrogen) atoms. The Kier molecular flexibility index (Phi) is 5.58. The van der Waals surface area contributed by atoms with E-state index < -0.39 is 0 Å². The van der Waals surface area contributed by atoms with Gasteiger partial charge in [-0.05, 0) is 50.4 Å². The number of hydrogen-bond donors (Lipinski definition) is 1. The third-order valence-electron chi connectivity index (χ3n) is 5.79. The number of aromatic nitrogens is 4. The molecule has 0 radical (unpaired) electrons. The molecule has 0 bridgehead atoms. The number of nitriles is 1. The van der Waals surface area contributed by atoms with E-state index in [4.69, 9.17) is 16.9 Å². The normalized spacial score (nSPS) is 22.0. The molecule has 146 valence electrons. The predicted octanol–water partition coefficient (Wildman–Crippen LogP) is 3.45. The molecule has 3 heterocycles. The van der Waals surface area contributed by atoms with E-state index in [1.165, 1.54) is 19.3 Å². The van der Waals surface area contributed by atoms with Crippen LogP contribution in [0, 0.1) is 36.0 Å². The first-order chi connectivity index (χ1) is 13.6. The summed E-state index contributed by atoms with van der Waals surface area (Å²) in [5.41, 5.74) is 0.413. The summed E-state index contributed by atoms with van der Waals surface area (Å²) in [4.78, 5) is 19.4. The van der Waals surface area contributed by atoms with Crippen molar-refractivity contribution in [3.8, 4) is 6.07 Å². The lowest BCUT2D eigenvalue weighted by Crippen LogP contribution is -2.35. The van der Waals surface area contributed by atoms with Crippen molar-refractivity contribution in [3.05, 3.63) is 35.0 Å². The Hall–Kier alpha value is -2.46. The highest BCUT2D eigenvalue weighted by molar-refractivity contribution is 6.30. The quantitative estimate of drug-likeness (QED) is 0.798. The number of halogens is 1. The van der Waals surface area contributed by atoms with Gasteiger partial charge in [0.25, 0.3) is 0 Å². The molecular formula is C20H24ClN7. The van der Waals surface area contributed by atoms with Crippen LogP contribution in [0.25, 0.3) is 0 Å². The van der Waals surface area contributed by atoms with Crippen LogP contribution in [-0.4, -0.2) is 39.6 Å². The molecule has 2 aromatic rings. The fourth-order valence-electron chi connectivity index (χ4n) is 4.28. The lowest BCUT2D eigenvalue weighted by atomic mass is 9.90. The Morgan fingerprint density at radius 1 is 1.25 bits per heavy atom. The lowest BCUT2D eigenvalue weighted by molar-refractivity contribution is 0.343. The Balaban J connectivity index is 1.20. The van der Waals surface area contributed by atoms with Gasteiger partial charge in [0.15, 0.2) is 0 Å². The Labute approximate surface area is 170 Å². The minimum Gasteiger partial charge on any atom is -0.370 e. The van der Waals surface area contributed by atoms with Crippen molar-refractivity contribution in [2.45, 2.75) is 32.6 Å². The summed E-state index contributed by atoms with van der Waals surface area (Å²) in [7, 11) is 0. The highest BCUT2D eigenvalue weighted by Crippen LogP contribution is 2.49. The molecule has 2 aliphatic rings. The van der Waals surface area contributed by atoms with E-state index in [1.54, 1.807) is 18.5 Å². The molecule has 8 heteroatoms. The van der Waals surface area contributed by atoms with E-state index in [-0.39, 0.29) is 0 Å². The third-order valence-corrected chi connectivity index (χ3v) is 5.98. The molecule has 0 amide bonds. The largest absolute Gasteiger partial charge is 0.370 e. The number of anilines is 2. The number of nitrogens with one attached hydrogen (secondary N) is 1. The van der Waals surface area contributed by atoms with Gasteiger partial charge < -0.3 is 10.2 Å². The number of piperidine rings is 1. The van der Waals surface area contributed by atoms with Crippen LogP contribution in [0.15, 0.2) is 18.5 Å². The number of nitrogens with zero attached hydrogens (tertiary/aromatic N) is 6. The molecular weight excluding hydrogens is 374 g/mol. The summed E-state index contributed by atoms with van der Waals surface area (Å²) >= 11 is 5.87. The van der Waals surface area contributed by atoms with Crippen molar-refractivity contribution in [1.29, 1.82) is 5.26 Å². The monoisotopic (exact) mass is 397 g/mol. The van der Waals surface area contributed by atoms with Gasteiger partial charge in [-0.25, -0.2) is 19.9 Å². The smallest absolute Gasteiger partial charge is 0.225 e. The second kappa shape index (κ2) is 8.27. The average Bonchev–Trinajstić information content (AvgIpc) is 3.48. The van der Waals surface area contributed by atoms with Crippen LogP contribution in [0.5, 0.6) is 0 Å². The number of hydrogen-bond acceptors (Lipinski definition) is 7. The molecule has 2 fully saturated rings. The molecule has 0 aromatic carbocycles. The Morgan fingerprint density at radius 3 is 2.71 bits per heavy atom. The molecule has 0 spiro atoms. The van der Waals surface area contributed by atoms with Crippen molar-refractivity contribution in [2.75, 3.05) is 29.9 Å². The highest BCUT2D eigenvalue weighted by atomic mass is 35.5. The van der Waals surface area contributed by atoms with Crippen molar-refractivity contribution < 1.29 is 0 Å². The summed E-state index contributed by atoms with van der Waals surface area (Å²) in [5, 5.41) is 12.9. The summed E-state index contributed by atoms with van der Waals surface area (Å²) < 4.78 is 0. The SMILES string of the molecule is Cc1nc(C#N)cc(NCCC2CC2C2CCN(c3ncc(Cl)cn3)CC2)n1. The molecule has 7 nitrogen and oxygen atoms in total. The molecule has 4 rings (SSSR count). The molecule has 1 aliphatic carbocycles. The Morgan fingerprint density at radius 2 is 2.00 bits per heavy atom. The van der Waals surface area contributed by atoms with Gasteiger partial charge in [-0.2, -0.15) is 5.26 Å². The van der Waals surface area contributed by atoms with E-state index in [2.05, 4.69) is 36.2 Å². The molecule has 2 unspecified atom stereocenters. The standard InChI is InChI=1S/C20H24ClN7/c1-13-26-17(10-22)9-19(27-13)23-5-2-15-8-18(15)14-3-6-28(7-4-14)20-24-11-16(21)12-25-20/h9,11-12,14-15,18H,2-8H2,1H3,(H,23,26,27). The molecule has 1 saturated heterocycles. The third kappa shape index (κ3) is 4.50. The number of aryl methyl sites for hydroxylation is 1. The van der Waals surface area contributed by atoms with Crippen LogP contribution >= 0.6 is 11.6 Å². The molecule has 1 aliphatic heterocycles. The van der Waals surface area contributed by atoms with Crippen LogP contribution in [0.4, 0.5) is 11.8 Å². The van der Waals surface area contributed by atoms with Gasteiger partial charge in [0.1, 0.15) is 23.4 Å². The molecule has 2 atom stereocenters. The van der Waals surface area contributed by atoms with Crippen LogP contribution < -0.4 is 10.2 Å². The van der Waals surface area contributed by atoms with Gasteiger partial charge in [0, 0.05) is 25.7 Å². The minimum absolute atomic E-state index is 0.413. The summed E-state index contributed by atoms with van der Waals surface area (Å²) in [6, 6.07) is 3.79. The van der Waals surface area contributed by atoms with Crippen molar-refractivity contribution in [3.63, 3.8) is 0 Å². The van der Waals surface area contributed by atoms with Crippen LogP contribution in [0.3, 0.4) is 0 Å².